The quantitative estimate of drug-likeness (QED) is 0.382. The Morgan fingerprint density at radius 3 is 2.50 bits per heavy atom. The fraction of sp³-hybridized carbons (Fsp3) is 0.250. The van der Waals surface area contributed by atoms with E-state index in [4.69, 9.17) is 10.5 Å². The molecule has 6 heavy (non-hydrogen) atoms. The summed E-state index contributed by atoms with van der Waals surface area (Å²) in [6.45, 7) is 0. The van der Waals surface area contributed by atoms with Crippen molar-refractivity contribution in [2.75, 3.05) is 0 Å². The molecular weight excluding hydrogens is 78.0 g/mol. The molecule has 0 spiro atoms. The van der Waals surface area contributed by atoms with Gasteiger partial charge >= 0.3 is 0 Å². The molecule has 2 heteroatoms. The largest absolute Gasteiger partial charge is 0.516 e. The maximum atomic E-state index is 7.91. The first-order valence-corrected chi connectivity index (χ1v) is 1.70. The lowest BCUT2D eigenvalue weighted by Crippen LogP contribution is -1.61. The van der Waals surface area contributed by atoms with Crippen LogP contribution in [0.5, 0.6) is 0 Å². The van der Waals surface area contributed by atoms with Crippen LogP contribution in [0.4, 0.5) is 0 Å². The zero-order chi connectivity index (χ0) is 4.83. The van der Waals surface area contributed by atoms with Crippen LogP contribution >= 0.6 is 0 Å². The molecule has 0 rings (SSSR count). The summed E-state index contributed by atoms with van der Waals surface area (Å²) in [5, 5.41) is 14.3. The molecule has 0 aliphatic carbocycles. The summed E-state index contributed by atoms with van der Waals surface area (Å²) in [7, 11) is 0. The van der Waals surface area contributed by atoms with E-state index in [0.29, 0.717) is 6.42 Å². The van der Waals surface area contributed by atoms with Crippen LogP contribution < -0.4 is 0 Å². The summed E-state index contributed by atoms with van der Waals surface area (Å²) in [5.41, 5.74) is 0. The topological polar surface area (TPSA) is 44.1 Å². The van der Waals surface area contributed by atoms with Gasteiger partial charge in [-0.15, -0.1) is 0 Å². The molecule has 0 fully saturated rings. The Balaban J connectivity index is 2.85. The van der Waals surface area contributed by atoms with Gasteiger partial charge < -0.3 is 10.5 Å². The van der Waals surface area contributed by atoms with Crippen LogP contribution in [0.1, 0.15) is 6.42 Å². The standard InChI is InChI=1S/C4H7NO/c5-3-1-2-4-6/h2-6H,1H2/b4-2+,5-3?. The molecule has 0 aromatic rings. The number of allylic oxidation sites excluding steroid dienone is 1. The Labute approximate surface area is 36.6 Å². The number of rotatable bonds is 2. The summed E-state index contributed by atoms with van der Waals surface area (Å²) in [5.74, 6) is 0. The summed E-state index contributed by atoms with van der Waals surface area (Å²) in [6.07, 6.45) is 4.17. The van der Waals surface area contributed by atoms with E-state index < -0.39 is 0 Å². The van der Waals surface area contributed by atoms with Gasteiger partial charge in [-0.25, -0.2) is 0 Å². The average molecular weight is 85.1 g/mol. The van der Waals surface area contributed by atoms with Crippen LogP contribution in [0.3, 0.4) is 0 Å². The van der Waals surface area contributed by atoms with Crippen molar-refractivity contribution in [3.63, 3.8) is 0 Å². The minimum atomic E-state index is 0.524. The normalized spacial score (nSPS) is 9.33. The highest BCUT2D eigenvalue weighted by atomic mass is 16.2. The second-order valence-corrected chi connectivity index (χ2v) is 0.825. The maximum absolute atomic E-state index is 7.91. The van der Waals surface area contributed by atoms with E-state index in [1.165, 1.54) is 12.3 Å². The highest BCUT2D eigenvalue weighted by molar-refractivity contribution is 5.54. The third-order valence-electron chi connectivity index (χ3n) is 0.359. The Hall–Kier alpha value is -0.790. The van der Waals surface area contributed by atoms with E-state index in [-0.39, 0.29) is 0 Å². The van der Waals surface area contributed by atoms with Crippen LogP contribution in [-0.4, -0.2) is 11.3 Å². The lowest BCUT2D eigenvalue weighted by atomic mass is 10.5. The van der Waals surface area contributed by atoms with Gasteiger partial charge in [0, 0.05) is 6.42 Å². The molecule has 0 heterocycles. The molecule has 0 aliphatic rings. The monoisotopic (exact) mass is 85.1 g/mol. The van der Waals surface area contributed by atoms with E-state index in [1.54, 1.807) is 0 Å². The van der Waals surface area contributed by atoms with Crippen molar-refractivity contribution in [3.05, 3.63) is 12.3 Å². The second kappa shape index (κ2) is 4.21. The molecule has 0 aliphatic heterocycles. The summed E-state index contributed by atoms with van der Waals surface area (Å²) in [6, 6.07) is 0. The minimum Gasteiger partial charge on any atom is -0.516 e. The first-order valence-electron chi connectivity index (χ1n) is 1.70. The van der Waals surface area contributed by atoms with Crippen molar-refractivity contribution < 1.29 is 5.11 Å². The van der Waals surface area contributed by atoms with Gasteiger partial charge in [-0.3, -0.25) is 0 Å². The molecule has 0 bridgehead atoms. The van der Waals surface area contributed by atoms with Gasteiger partial charge in [0.25, 0.3) is 0 Å². The summed E-state index contributed by atoms with van der Waals surface area (Å²) >= 11 is 0. The molecule has 0 radical (unpaired) electrons. The van der Waals surface area contributed by atoms with Gasteiger partial charge in [0.15, 0.2) is 0 Å². The molecule has 0 unspecified atom stereocenters. The molecule has 0 saturated heterocycles. The van der Waals surface area contributed by atoms with Crippen LogP contribution in [0.2, 0.25) is 0 Å². The first-order chi connectivity index (χ1) is 2.91. The SMILES string of the molecule is N=CC/C=C/O. The van der Waals surface area contributed by atoms with Gasteiger partial charge in [0.1, 0.15) is 0 Å². The Morgan fingerprint density at radius 1 is 1.67 bits per heavy atom. The summed E-state index contributed by atoms with van der Waals surface area (Å²) < 4.78 is 0. The first kappa shape index (κ1) is 5.21. The smallest absolute Gasteiger partial charge is 0.0755 e. The molecule has 0 aromatic carbocycles. The van der Waals surface area contributed by atoms with Gasteiger partial charge in [0.2, 0.25) is 0 Å². The summed E-state index contributed by atoms with van der Waals surface area (Å²) in [4.78, 5) is 0. The Morgan fingerprint density at radius 2 is 2.33 bits per heavy atom. The molecule has 0 aromatic heterocycles. The average Bonchev–Trinajstić information content (AvgIpc) is 1.61. The fourth-order valence-electron chi connectivity index (χ4n) is 0.129. The van der Waals surface area contributed by atoms with Gasteiger partial charge in [-0.05, 0) is 12.3 Å². The van der Waals surface area contributed by atoms with E-state index in [2.05, 4.69) is 0 Å². The van der Waals surface area contributed by atoms with Gasteiger partial charge in [-0.2, -0.15) is 0 Å². The van der Waals surface area contributed by atoms with Crippen molar-refractivity contribution in [2.45, 2.75) is 6.42 Å². The van der Waals surface area contributed by atoms with Crippen molar-refractivity contribution in [1.29, 1.82) is 5.41 Å². The number of hydrogen-bond donors (Lipinski definition) is 2. The van der Waals surface area contributed by atoms with Crippen LogP contribution in [-0.2, 0) is 0 Å². The molecule has 2 nitrogen and oxygen atoms in total. The molecule has 0 atom stereocenters. The van der Waals surface area contributed by atoms with Gasteiger partial charge in [-0.1, -0.05) is 0 Å². The highest BCUT2D eigenvalue weighted by Crippen LogP contribution is 1.70. The number of aliphatic hydroxyl groups excluding tert-OH is 1. The predicted molar refractivity (Wildman–Crippen MR) is 25.2 cm³/mol. The molecular formula is C4H7NO. The lowest BCUT2D eigenvalue weighted by molar-refractivity contribution is 0.472. The van der Waals surface area contributed by atoms with Crippen molar-refractivity contribution in [2.24, 2.45) is 0 Å². The third kappa shape index (κ3) is 3.21. The van der Waals surface area contributed by atoms with Crippen molar-refractivity contribution >= 4 is 6.21 Å². The number of nitrogens with one attached hydrogen (secondary N) is 1. The Kier molecular flexibility index (Phi) is 3.66. The van der Waals surface area contributed by atoms with Crippen LogP contribution in [0, 0.1) is 5.41 Å². The molecule has 0 saturated carbocycles. The van der Waals surface area contributed by atoms with E-state index in [1.807, 2.05) is 0 Å². The lowest BCUT2D eigenvalue weighted by Gasteiger charge is -1.68. The maximum Gasteiger partial charge on any atom is 0.0755 e. The third-order valence-corrected chi connectivity index (χ3v) is 0.359. The van der Waals surface area contributed by atoms with Crippen molar-refractivity contribution in [1.82, 2.24) is 0 Å². The minimum absolute atomic E-state index is 0.524. The Bertz CT molecular complexity index is 58.6. The number of aliphatic hydroxyl groups is 1. The zero-order valence-corrected chi connectivity index (χ0v) is 3.39. The van der Waals surface area contributed by atoms with E-state index in [9.17, 15) is 0 Å². The molecule has 2 N–H and O–H groups in total. The van der Waals surface area contributed by atoms with Crippen LogP contribution in [0.25, 0.3) is 0 Å². The predicted octanol–water partition coefficient (Wildman–Crippen LogP) is 1.10. The van der Waals surface area contributed by atoms with Crippen molar-refractivity contribution in [3.8, 4) is 0 Å². The van der Waals surface area contributed by atoms with E-state index >= 15 is 0 Å². The van der Waals surface area contributed by atoms with E-state index in [0.717, 1.165) is 6.26 Å². The number of hydrogen-bond acceptors (Lipinski definition) is 2. The zero-order valence-electron chi connectivity index (χ0n) is 3.39. The fourth-order valence-corrected chi connectivity index (χ4v) is 0.129. The highest BCUT2D eigenvalue weighted by Gasteiger charge is 1.60. The second-order valence-electron chi connectivity index (χ2n) is 0.825. The molecule has 0 amide bonds. The molecule has 34 valence electrons. The van der Waals surface area contributed by atoms with Gasteiger partial charge in [0.05, 0.1) is 6.26 Å². The van der Waals surface area contributed by atoms with Crippen LogP contribution in [0.15, 0.2) is 12.3 Å².